The van der Waals surface area contributed by atoms with Crippen molar-refractivity contribution in [2.45, 2.75) is 18.8 Å². The van der Waals surface area contributed by atoms with E-state index < -0.39 is 0 Å². The number of rotatable bonds is 3. The first-order valence-corrected chi connectivity index (χ1v) is 8.70. The average Bonchev–Trinajstić information content (AvgIpc) is 3.12. The second-order valence-electron chi connectivity index (χ2n) is 6.72. The van der Waals surface area contributed by atoms with E-state index in [1.807, 2.05) is 16.6 Å². The first-order valence-electron chi connectivity index (χ1n) is 8.70. The number of nitrogens with zero attached hydrogens (tertiary/aromatic N) is 7. The monoisotopic (exact) mass is 351 g/mol. The number of carbonyl (C=O) groups is 1. The maximum atomic E-state index is 12.4. The van der Waals surface area contributed by atoms with Gasteiger partial charge >= 0.3 is 0 Å². The molecule has 0 bridgehead atoms. The molecule has 1 fully saturated rings. The molecule has 0 N–H and O–H groups in total. The van der Waals surface area contributed by atoms with Crippen LogP contribution in [-0.4, -0.2) is 62.6 Å². The number of aromatic nitrogens is 5. The Labute approximate surface area is 151 Å². The Morgan fingerprint density at radius 2 is 2.12 bits per heavy atom. The predicted octanol–water partition coefficient (Wildman–Crippen LogP) is 1.61. The van der Waals surface area contributed by atoms with Crippen LogP contribution in [-0.2, 0) is 0 Å². The lowest BCUT2D eigenvalue weighted by molar-refractivity contribution is 0.0829. The number of hydrogen-bond acceptors (Lipinski definition) is 6. The molecule has 0 radical (unpaired) electrons. The number of amides is 1. The Hall–Kier alpha value is -3.03. The second kappa shape index (κ2) is 6.70. The van der Waals surface area contributed by atoms with Crippen LogP contribution < -0.4 is 4.90 Å². The Morgan fingerprint density at radius 3 is 2.88 bits per heavy atom. The van der Waals surface area contributed by atoms with Gasteiger partial charge in [0.25, 0.3) is 5.91 Å². The van der Waals surface area contributed by atoms with Crippen LogP contribution >= 0.6 is 0 Å². The van der Waals surface area contributed by atoms with Gasteiger partial charge in [0.1, 0.15) is 17.7 Å². The van der Waals surface area contributed by atoms with E-state index in [-0.39, 0.29) is 5.91 Å². The van der Waals surface area contributed by atoms with E-state index in [9.17, 15) is 4.79 Å². The van der Waals surface area contributed by atoms with Gasteiger partial charge in [0.05, 0.1) is 11.9 Å². The van der Waals surface area contributed by atoms with Gasteiger partial charge in [-0.25, -0.2) is 19.5 Å². The van der Waals surface area contributed by atoms with Crippen molar-refractivity contribution in [2.75, 3.05) is 32.1 Å². The fourth-order valence-corrected chi connectivity index (χ4v) is 3.51. The molecule has 134 valence electrons. The summed E-state index contributed by atoms with van der Waals surface area (Å²) in [5.41, 5.74) is 2.22. The van der Waals surface area contributed by atoms with Crippen molar-refractivity contribution in [1.82, 2.24) is 29.5 Å². The SMILES string of the molecule is CN(C)C(=O)c1cnn2c([C@H]3CCCN(c4ccncn4)C3)ccnc12. The minimum atomic E-state index is -0.0871. The van der Waals surface area contributed by atoms with Crippen molar-refractivity contribution in [2.24, 2.45) is 0 Å². The molecule has 8 heteroatoms. The summed E-state index contributed by atoms with van der Waals surface area (Å²) in [5.74, 6) is 1.15. The summed E-state index contributed by atoms with van der Waals surface area (Å²) in [5, 5.41) is 4.46. The lowest BCUT2D eigenvalue weighted by Crippen LogP contribution is -2.35. The standard InChI is InChI=1S/C18H21N7O/c1-23(2)18(26)14-10-22-25-15(5-8-20-17(14)25)13-4-3-9-24(11-13)16-6-7-19-12-21-16/h5-8,10,12-13H,3-4,9,11H2,1-2H3/t13-/m0/s1. The zero-order valence-corrected chi connectivity index (χ0v) is 14.9. The van der Waals surface area contributed by atoms with E-state index in [0.717, 1.165) is 37.4 Å². The lowest BCUT2D eigenvalue weighted by Gasteiger charge is -2.33. The minimum Gasteiger partial charge on any atom is -0.356 e. The summed E-state index contributed by atoms with van der Waals surface area (Å²) in [7, 11) is 3.47. The van der Waals surface area contributed by atoms with Crippen molar-refractivity contribution in [1.29, 1.82) is 0 Å². The molecule has 1 amide bonds. The third-order valence-corrected chi connectivity index (χ3v) is 4.80. The third-order valence-electron chi connectivity index (χ3n) is 4.80. The fourth-order valence-electron chi connectivity index (χ4n) is 3.51. The van der Waals surface area contributed by atoms with Gasteiger partial charge < -0.3 is 9.80 Å². The van der Waals surface area contributed by atoms with Crippen LogP contribution in [0.4, 0.5) is 5.82 Å². The van der Waals surface area contributed by atoms with Gasteiger partial charge in [0.2, 0.25) is 0 Å². The summed E-state index contributed by atoms with van der Waals surface area (Å²) in [6.45, 7) is 1.83. The predicted molar refractivity (Wildman–Crippen MR) is 97.2 cm³/mol. The molecule has 0 saturated carbocycles. The van der Waals surface area contributed by atoms with Gasteiger partial charge in [-0.05, 0) is 25.0 Å². The normalized spacial score (nSPS) is 17.5. The van der Waals surface area contributed by atoms with Crippen molar-refractivity contribution in [3.8, 4) is 0 Å². The van der Waals surface area contributed by atoms with E-state index >= 15 is 0 Å². The molecule has 1 aliphatic rings. The number of carbonyl (C=O) groups excluding carboxylic acids is 1. The van der Waals surface area contributed by atoms with Crippen LogP contribution in [0.1, 0.15) is 34.8 Å². The molecule has 3 aromatic heterocycles. The lowest BCUT2D eigenvalue weighted by atomic mass is 9.94. The Morgan fingerprint density at radius 1 is 1.23 bits per heavy atom. The molecule has 1 atom stereocenters. The first-order chi connectivity index (χ1) is 12.6. The average molecular weight is 351 g/mol. The van der Waals surface area contributed by atoms with E-state index in [1.54, 1.807) is 43.9 Å². The highest BCUT2D eigenvalue weighted by atomic mass is 16.2. The van der Waals surface area contributed by atoms with Crippen molar-refractivity contribution in [3.63, 3.8) is 0 Å². The Bertz CT molecular complexity index is 922. The summed E-state index contributed by atoms with van der Waals surface area (Å²) in [6, 6.07) is 3.93. The van der Waals surface area contributed by atoms with Crippen LogP contribution in [0.2, 0.25) is 0 Å². The van der Waals surface area contributed by atoms with Crippen LogP contribution in [0.3, 0.4) is 0 Å². The third kappa shape index (κ3) is 2.87. The van der Waals surface area contributed by atoms with Crippen LogP contribution in [0.5, 0.6) is 0 Å². The summed E-state index contributed by atoms with van der Waals surface area (Å²) >= 11 is 0. The van der Waals surface area contributed by atoms with E-state index in [1.165, 1.54) is 0 Å². The molecule has 0 spiro atoms. The van der Waals surface area contributed by atoms with Crippen LogP contribution in [0.15, 0.2) is 37.1 Å². The first kappa shape index (κ1) is 16.4. The maximum absolute atomic E-state index is 12.4. The quantitative estimate of drug-likeness (QED) is 0.713. The smallest absolute Gasteiger partial charge is 0.258 e. The maximum Gasteiger partial charge on any atom is 0.258 e. The minimum absolute atomic E-state index is 0.0871. The highest BCUT2D eigenvalue weighted by molar-refractivity contribution is 5.99. The van der Waals surface area contributed by atoms with Crippen LogP contribution in [0, 0.1) is 0 Å². The molecule has 0 unspecified atom stereocenters. The van der Waals surface area contributed by atoms with Gasteiger partial charge in [-0.2, -0.15) is 5.10 Å². The summed E-state index contributed by atoms with van der Waals surface area (Å²) in [6.07, 6.45) is 8.86. The van der Waals surface area contributed by atoms with Crippen LogP contribution in [0.25, 0.3) is 5.65 Å². The van der Waals surface area contributed by atoms with E-state index in [0.29, 0.717) is 17.1 Å². The summed E-state index contributed by atoms with van der Waals surface area (Å²) < 4.78 is 1.81. The molecular weight excluding hydrogens is 330 g/mol. The molecule has 0 aliphatic carbocycles. The molecule has 8 nitrogen and oxygen atoms in total. The van der Waals surface area contributed by atoms with E-state index in [4.69, 9.17) is 0 Å². The van der Waals surface area contributed by atoms with Gasteiger partial charge in [0, 0.05) is 45.5 Å². The Kier molecular flexibility index (Phi) is 4.24. The zero-order valence-electron chi connectivity index (χ0n) is 14.9. The molecule has 1 saturated heterocycles. The molecule has 1 aliphatic heterocycles. The largest absolute Gasteiger partial charge is 0.356 e. The highest BCUT2D eigenvalue weighted by Crippen LogP contribution is 2.29. The number of anilines is 1. The van der Waals surface area contributed by atoms with Crippen molar-refractivity contribution < 1.29 is 4.79 Å². The van der Waals surface area contributed by atoms with Gasteiger partial charge in [-0.3, -0.25) is 4.79 Å². The number of fused-ring (bicyclic) bond motifs is 1. The van der Waals surface area contributed by atoms with Crippen molar-refractivity contribution >= 4 is 17.4 Å². The molecule has 26 heavy (non-hydrogen) atoms. The number of hydrogen-bond donors (Lipinski definition) is 0. The topological polar surface area (TPSA) is 79.5 Å². The molecule has 3 aromatic rings. The molecule has 4 heterocycles. The Balaban J connectivity index is 1.67. The highest BCUT2D eigenvalue weighted by Gasteiger charge is 2.26. The molecular formula is C18H21N7O. The van der Waals surface area contributed by atoms with E-state index in [2.05, 4.69) is 25.0 Å². The molecule has 0 aromatic carbocycles. The van der Waals surface area contributed by atoms with Gasteiger partial charge in [-0.1, -0.05) is 0 Å². The number of piperidine rings is 1. The van der Waals surface area contributed by atoms with Crippen molar-refractivity contribution in [3.05, 3.63) is 48.3 Å². The molecule has 4 rings (SSSR count). The fraction of sp³-hybridized carbons (Fsp3) is 0.389. The van der Waals surface area contributed by atoms with Gasteiger partial charge in [0.15, 0.2) is 5.65 Å². The summed E-state index contributed by atoms with van der Waals surface area (Å²) in [4.78, 5) is 28.9. The second-order valence-corrected chi connectivity index (χ2v) is 6.72. The van der Waals surface area contributed by atoms with Gasteiger partial charge in [-0.15, -0.1) is 0 Å². The zero-order chi connectivity index (χ0) is 18.1.